The number of hydrogen-bond donors (Lipinski definition) is 2. The molecule has 1 aromatic heterocycles. The molecule has 0 saturated heterocycles. The quantitative estimate of drug-likeness (QED) is 0.371. The number of nitrogens with zero attached hydrogens (tertiary/aromatic N) is 2. The van der Waals surface area contributed by atoms with Gasteiger partial charge in [-0.1, -0.05) is 35.9 Å². The molecule has 6 heteroatoms. The number of ether oxygens (including phenoxy) is 1. The molecule has 173 valence electrons. The maximum absolute atomic E-state index is 8.56. The summed E-state index contributed by atoms with van der Waals surface area (Å²) in [6.07, 6.45) is 1.53. The first-order chi connectivity index (χ1) is 14.7. The molecule has 1 radical (unpaired) electrons. The Bertz CT molecular complexity index is 995. The maximum Gasteiger partial charge on any atom is 0.148 e. The van der Waals surface area contributed by atoms with Crippen molar-refractivity contribution in [3.05, 3.63) is 66.9 Å². The Morgan fingerprint density at radius 1 is 0.969 bits per heavy atom. The van der Waals surface area contributed by atoms with Crippen LogP contribution < -0.4 is 9.64 Å². The predicted molar refractivity (Wildman–Crippen MR) is 125 cm³/mol. The van der Waals surface area contributed by atoms with Gasteiger partial charge in [0.05, 0.1) is 23.6 Å². The third kappa shape index (κ3) is 6.17. The molecule has 3 aromatic rings. The van der Waals surface area contributed by atoms with Gasteiger partial charge < -0.3 is 24.8 Å². The number of para-hydroxylation sites is 2. The van der Waals surface area contributed by atoms with E-state index in [1.807, 2.05) is 54.7 Å². The minimum atomic E-state index is -0.375. The molecule has 2 heterocycles. The Kier molecular flexibility index (Phi) is 8.99. The second-order valence-corrected chi connectivity index (χ2v) is 8.79. The fourth-order valence-electron chi connectivity index (χ4n) is 3.64. The normalized spacial score (nSPS) is 13.9. The summed E-state index contributed by atoms with van der Waals surface area (Å²) in [4.78, 5) is 6.84. The molecule has 2 atom stereocenters. The van der Waals surface area contributed by atoms with Crippen LogP contribution in [0, 0.1) is 6.07 Å². The van der Waals surface area contributed by atoms with Crippen molar-refractivity contribution in [2.75, 3.05) is 4.90 Å². The van der Waals surface area contributed by atoms with Crippen molar-refractivity contribution < 1.29 is 35.1 Å². The molecule has 4 rings (SSSR count). The van der Waals surface area contributed by atoms with Gasteiger partial charge in [0.25, 0.3) is 0 Å². The number of rotatable bonds is 3. The largest absolute Gasteiger partial charge is 0.473 e. The number of anilines is 2. The van der Waals surface area contributed by atoms with E-state index in [1.54, 1.807) is 13.8 Å². The molecule has 0 spiro atoms. The SMILES string of the molecule is CC(C)(C)N1c2ccccc2Oc2cc[c-]c(-c3ccccn3)c21.CC(O)CC(C)O.[Ir]. The first kappa shape index (κ1) is 26.0. The Labute approximate surface area is 204 Å². The van der Waals surface area contributed by atoms with Gasteiger partial charge in [-0.25, -0.2) is 0 Å². The van der Waals surface area contributed by atoms with Gasteiger partial charge in [-0.2, -0.15) is 0 Å². The van der Waals surface area contributed by atoms with Crippen molar-refractivity contribution in [1.82, 2.24) is 4.98 Å². The van der Waals surface area contributed by atoms with Crippen LogP contribution in [0.3, 0.4) is 0 Å². The molecule has 32 heavy (non-hydrogen) atoms. The smallest absolute Gasteiger partial charge is 0.148 e. The number of hydrogen-bond acceptors (Lipinski definition) is 5. The van der Waals surface area contributed by atoms with E-state index >= 15 is 0 Å². The molecular weight excluding hydrogens is 581 g/mol. The third-order valence-corrected chi connectivity index (χ3v) is 4.76. The zero-order chi connectivity index (χ0) is 22.6. The fraction of sp³-hybridized carbons (Fsp3) is 0.346. The number of fused-ring (bicyclic) bond motifs is 2. The standard InChI is InChI=1S/C21H19N2O.C5H12O2.Ir/c1-21(2,3)23-17-11-4-5-12-18(17)24-19-13-8-9-15(20(19)23)16-10-6-7-14-22-16;1-4(6)3-5(2)7;/h4-8,10-14H,1-3H3;4-7H,3H2,1-2H3;/q-1;;. The van der Waals surface area contributed by atoms with Gasteiger partial charge in [0.15, 0.2) is 0 Å². The van der Waals surface area contributed by atoms with Crippen LogP contribution in [0.2, 0.25) is 0 Å². The number of aliphatic hydroxyl groups is 2. The van der Waals surface area contributed by atoms with Crippen molar-refractivity contribution in [2.45, 2.75) is 58.8 Å². The molecule has 0 aliphatic carbocycles. The molecule has 0 fully saturated rings. The van der Waals surface area contributed by atoms with Gasteiger partial charge in [0.2, 0.25) is 0 Å². The summed E-state index contributed by atoms with van der Waals surface area (Å²) >= 11 is 0. The van der Waals surface area contributed by atoms with Crippen LogP contribution in [0.5, 0.6) is 11.5 Å². The summed E-state index contributed by atoms with van der Waals surface area (Å²) in [5.74, 6) is 1.71. The van der Waals surface area contributed by atoms with E-state index < -0.39 is 0 Å². The second-order valence-electron chi connectivity index (χ2n) is 8.79. The van der Waals surface area contributed by atoms with Gasteiger partial charge in [0.1, 0.15) is 5.75 Å². The molecule has 5 nitrogen and oxygen atoms in total. The predicted octanol–water partition coefficient (Wildman–Crippen LogP) is 5.73. The van der Waals surface area contributed by atoms with Gasteiger partial charge in [-0.3, -0.25) is 0 Å². The van der Waals surface area contributed by atoms with Crippen LogP contribution in [0.1, 0.15) is 41.0 Å². The molecule has 0 bridgehead atoms. The van der Waals surface area contributed by atoms with Crippen LogP contribution >= 0.6 is 0 Å². The molecule has 2 unspecified atom stereocenters. The molecule has 0 amide bonds. The van der Waals surface area contributed by atoms with Gasteiger partial charge in [-0.15, -0.1) is 12.1 Å². The topological polar surface area (TPSA) is 65.8 Å². The first-order valence-corrected chi connectivity index (χ1v) is 10.6. The number of benzene rings is 2. The summed E-state index contributed by atoms with van der Waals surface area (Å²) < 4.78 is 6.18. The van der Waals surface area contributed by atoms with E-state index in [4.69, 9.17) is 14.9 Å². The number of aliphatic hydroxyl groups excluding tert-OH is 2. The van der Waals surface area contributed by atoms with Crippen LogP contribution in [-0.4, -0.2) is 32.9 Å². The molecule has 2 N–H and O–H groups in total. The summed E-state index contributed by atoms with van der Waals surface area (Å²) in [5, 5.41) is 17.1. The zero-order valence-electron chi connectivity index (χ0n) is 19.2. The molecule has 1 aliphatic heterocycles. The number of pyridine rings is 1. The van der Waals surface area contributed by atoms with Crippen LogP contribution in [0.25, 0.3) is 11.3 Å². The van der Waals surface area contributed by atoms with Gasteiger partial charge in [0, 0.05) is 37.5 Å². The van der Waals surface area contributed by atoms with Crippen molar-refractivity contribution in [3.8, 4) is 22.8 Å². The van der Waals surface area contributed by atoms with E-state index in [0.717, 1.165) is 34.1 Å². The van der Waals surface area contributed by atoms with Crippen molar-refractivity contribution in [1.29, 1.82) is 0 Å². The zero-order valence-corrected chi connectivity index (χ0v) is 21.6. The summed E-state index contributed by atoms with van der Waals surface area (Å²) in [6, 6.07) is 21.3. The minimum absolute atomic E-state index is 0. The monoisotopic (exact) mass is 612 g/mol. The molecular formula is C26H31IrN2O3-. The summed E-state index contributed by atoms with van der Waals surface area (Å²) in [7, 11) is 0. The van der Waals surface area contributed by atoms with Gasteiger partial charge >= 0.3 is 0 Å². The Morgan fingerprint density at radius 2 is 1.62 bits per heavy atom. The Balaban J connectivity index is 0.000000398. The second kappa shape index (κ2) is 11.1. The Morgan fingerprint density at radius 3 is 2.19 bits per heavy atom. The van der Waals surface area contributed by atoms with Crippen molar-refractivity contribution in [2.24, 2.45) is 0 Å². The third-order valence-electron chi connectivity index (χ3n) is 4.76. The summed E-state index contributed by atoms with van der Waals surface area (Å²) in [6.45, 7) is 9.93. The number of aromatic nitrogens is 1. The van der Waals surface area contributed by atoms with E-state index in [9.17, 15) is 0 Å². The summed E-state index contributed by atoms with van der Waals surface area (Å²) in [5.41, 5.74) is 3.81. The molecule has 0 saturated carbocycles. The van der Waals surface area contributed by atoms with Crippen LogP contribution in [0.4, 0.5) is 11.4 Å². The molecule has 2 aromatic carbocycles. The Hall–Kier alpha value is -2.24. The first-order valence-electron chi connectivity index (χ1n) is 10.6. The van der Waals surface area contributed by atoms with Crippen LogP contribution in [0.15, 0.2) is 60.8 Å². The van der Waals surface area contributed by atoms with E-state index in [2.05, 4.69) is 42.8 Å². The van der Waals surface area contributed by atoms with E-state index in [0.29, 0.717) is 6.42 Å². The minimum Gasteiger partial charge on any atom is -0.473 e. The van der Waals surface area contributed by atoms with E-state index in [-0.39, 0.29) is 37.9 Å². The molecule has 1 aliphatic rings. The maximum atomic E-state index is 8.56. The van der Waals surface area contributed by atoms with E-state index in [1.165, 1.54) is 0 Å². The average molecular weight is 612 g/mol. The average Bonchev–Trinajstić information content (AvgIpc) is 2.70. The van der Waals surface area contributed by atoms with Crippen molar-refractivity contribution in [3.63, 3.8) is 0 Å². The van der Waals surface area contributed by atoms with Crippen molar-refractivity contribution >= 4 is 11.4 Å². The van der Waals surface area contributed by atoms with Crippen LogP contribution in [-0.2, 0) is 20.1 Å². The fourth-order valence-corrected chi connectivity index (χ4v) is 3.64. The van der Waals surface area contributed by atoms with Gasteiger partial charge in [-0.05, 0) is 64.9 Å².